The summed E-state index contributed by atoms with van der Waals surface area (Å²) in [4.78, 5) is 14.1. The maximum Gasteiger partial charge on any atom is 0.321 e. The molecule has 0 amide bonds. The van der Waals surface area contributed by atoms with E-state index >= 15 is 0 Å². The van der Waals surface area contributed by atoms with E-state index in [1.165, 1.54) is 64.2 Å². The van der Waals surface area contributed by atoms with Gasteiger partial charge in [0.15, 0.2) is 0 Å². The highest BCUT2D eigenvalue weighted by molar-refractivity contribution is 5.50. The molecule has 0 aliphatic heterocycles. The molecule has 0 radical (unpaired) electrons. The Hall–Kier alpha value is -2.37. The number of phenols is 1. The Balaban J connectivity index is 2.22. The molecule has 0 fully saturated rings. The summed E-state index contributed by atoms with van der Waals surface area (Å²) in [6, 6.07) is 4.61. The smallest absolute Gasteiger partial charge is 0.321 e. The third-order valence-electron chi connectivity index (χ3n) is 7.35. The van der Waals surface area contributed by atoms with Gasteiger partial charge in [-0.1, -0.05) is 132 Å². The molecule has 0 aliphatic carbocycles. The molecule has 0 saturated carbocycles. The fourth-order valence-electron chi connectivity index (χ4n) is 4.89. The van der Waals surface area contributed by atoms with E-state index in [2.05, 4.69) is 77.8 Å². The molecule has 1 aromatic carbocycles. The molecule has 0 aliphatic rings. The number of hydrogen-bond acceptors (Lipinski definition) is 6. The van der Waals surface area contributed by atoms with Crippen LogP contribution in [0.15, 0.2) is 12.1 Å². The number of nitrogens with zero attached hydrogens (tertiary/aromatic N) is 3. The third kappa shape index (κ3) is 12.0. The van der Waals surface area contributed by atoms with Gasteiger partial charge in [0, 0.05) is 13.0 Å². The molecular formula is C34H58N4O2. The Morgan fingerprint density at radius 2 is 1.23 bits per heavy atom. The van der Waals surface area contributed by atoms with Crippen LogP contribution in [0.5, 0.6) is 11.8 Å². The summed E-state index contributed by atoms with van der Waals surface area (Å²) in [6.45, 7) is 18.8. The van der Waals surface area contributed by atoms with Gasteiger partial charge in [-0.2, -0.15) is 15.0 Å². The molecular weight excluding hydrogens is 496 g/mol. The van der Waals surface area contributed by atoms with Crippen molar-refractivity contribution in [2.45, 2.75) is 150 Å². The zero-order chi connectivity index (χ0) is 29.6. The molecule has 1 heterocycles. The number of ether oxygens (including phenoxy) is 1. The summed E-state index contributed by atoms with van der Waals surface area (Å²) in [5.41, 5.74) is 2.61. The Bertz CT molecular complexity index is 937. The van der Waals surface area contributed by atoms with E-state index < -0.39 is 0 Å². The third-order valence-corrected chi connectivity index (χ3v) is 7.35. The summed E-state index contributed by atoms with van der Waals surface area (Å²) in [5, 5.41) is 14.6. The van der Waals surface area contributed by atoms with Crippen LogP contribution in [0.25, 0.3) is 0 Å². The Kier molecular flexibility index (Phi) is 14.2. The van der Waals surface area contributed by atoms with Crippen LogP contribution in [0, 0.1) is 0 Å². The van der Waals surface area contributed by atoms with Crippen molar-refractivity contribution in [1.29, 1.82) is 0 Å². The molecule has 0 atom stereocenters. The van der Waals surface area contributed by atoms with E-state index in [9.17, 15) is 5.11 Å². The standard InChI is InChI=1S/C34H58N4O2/c1-9-11-13-15-17-19-21-35-31-36-29(37-32(38-31)40-22-20-18-16-14-12-10-2)25-26-23-27(33(3,4)5)30(39)28(24-26)34(6,7)8/h23-24,39H,9-22,25H2,1-8H3,(H,35,36,37,38). The monoisotopic (exact) mass is 554 g/mol. The Morgan fingerprint density at radius 3 is 1.77 bits per heavy atom. The quantitative estimate of drug-likeness (QED) is 0.179. The van der Waals surface area contributed by atoms with Crippen molar-refractivity contribution in [3.8, 4) is 11.8 Å². The highest BCUT2D eigenvalue weighted by Crippen LogP contribution is 2.40. The highest BCUT2D eigenvalue weighted by atomic mass is 16.5. The molecule has 226 valence electrons. The van der Waals surface area contributed by atoms with Crippen LogP contribution >= 0.6 is 0 Å². The van der Waals surface area contributed by atoms with Gasteiger partial charge >= 0.3 is 6.01 Å². The van der Waals surface area contributed by atoms with Gasteiger partial charge in [0.2, 0.25) is 5.95 Å². The van der Waals surface area contributed by atoms with E-state index in [-0.39, 0.29) is 10.8 Å². The maximum atomic E-state index is 11.1. The lowest BCUT2D eigenvalue weighted by atomic mass is 9.78. The first-order valence-electron chi connectivity index (χ1n) is 15.9. The minimum atomic E-state index is -0.186. The van der Waals surface area contributed by atoms with Crippen molar-refractivity contribution < 1.29 is 9.84 Å². The predicted octanol–water partition coefficient (Wildman–Crippen LogP) is 9.27. The zero-order valence-electron chi connectivity index (χ0n) is 27.0. The number of phenolic OH excluding ortho intramolecular Hbond substituents is 1. The van der Waals surface area contributed by atoms with Crippen LogP contribution in [0.3, 0.4) is 0 Å². The average Bonchev–Trinajstić information content (AvgIpc) is 2.87. The van der Waals surface area contributed by atoms with Crippen LogP contribution in [0.2, 0.25) is 0 Å². The number of benzene rings is 1. The molecule has 0 spiro atoms. The molecule has 6 nitrogen and oxygen atoms in total. The van der Waals surface area contributed by atoms with E-state index in [0.717, 1.165) is 36.1 Å². The van der Waals surface area contributed by atoms with Crippen molar-refractivity contribution >= 4 is 5.95 Å². The van der Waals surface area contributed by atoms with Crippen LogP contribution in [0.1, 0.15) is 155 Å². The van der Waals surface area contributed by atoms with Crippen molar-refractivity contribution in [2.75, 3.05) is 18.5 Å². The molecule has 2 aromatic rings. The molecule has 2 rings (SSSR count). The van der Waals surface area contributed by atoms with Gasteiger partial charge in [-0.25, -0.2) is 0 Å². The number of rotatable bonds is 18. The van der Waals surface area contributed by atoms with Crippen LogP contribution in [0.4, 0.5) is 5.95 Å². The van der Waals surface area contributed by atoms with E-state index in [4.69, 9.17) is 14.7 Å². The number of aromatic hydroxyl groups is 1. The lowest BCUT2D eigenvalue weighted by molar-refractivity contribution is 0.279. The minimum absolute atomic E-state index is 0.186. The molecule has 1 aromatic heterocycles. The van der Waals surface area contributed by atoms with Gasteiger partial charge in [0.25, 0.3) is 0 Å². The van der Waals surface area contributed by atoms with Gasteiger partial charge < -0.3 is 15.2 Å². The van der Waals surface area contributed by atoms with Crippen molar-refractivity contribution in [2.24, 2.45) is 0 Å². The summed E-state index contributed by atoms with van der Waals surface area (Å²) in [6.07, 6.45) is 15.3. The van der Waals surface area contributed by atoms with E-state index in [1.54, 1.807) is 0 Å². The zero-order valence-corrected chi connectivity index (χ0v) is 27.0. The molecule has 0 saturated heterocycles. The maximum absolute atomic E-state index is 11.1. The summed E-state index contributed by atoms with van der Waals surface area (Å²) in [5.74, 6) is 1.66. The number of nitrogens with one attached hydrogen (secondary N) is 1. The van der Waals surface area contributed by atoms with Gasteiger partial charge in [0.05, 0.1) is 6.61 Å². The molecule has 6 heteroatoms. The fourth-order valence-corrected chi connectivity index (χ4v) is 4.89. The number of hydrogen-bond donors (Lipinski definition) is 2. The van der Waals surface area contributed by atoms with Crippen molar-refractivity contribution in [1.82, 2.24) is 15.0 Å². The summed E-state index contributed by atoms with van der Waals surface area (Å²) >= 11 is 0. The van der Waals surface area contributed by atoms with Gasteiger partial charge in [-0.3, -0.25) is 0 Å². The summed E-state index contributed by atoms with van der Waals surface area (Å²) < 4.78 is 6.04. The molecule has 2 N–H and O–H groups in total. The number of anilines is 1. The Labute approximate surface area is 245 Å². The van der Waals surface area contributed by atoms with Crippen molar-refractivity contribution in [3.63, 3.8) is 0 Å². The average molecular weight is 555 g/mol. The van der Waals surface area contributed by atoms with Gasteiger partial charge in [-0.05, 0) is 40.4 Å². The second kappa shape index (κ2) is 16.8. The van der Waals surface area contributed by atoms with Crippen LogP contribution in [-0.4, -0.2) is 33.2 Å². The second-order valence-electron chi connectivity index (χ2n) is 13.4. The number of aromatic nitrogens is 3. The first kappa shape index (κ1) is 33.8. The van der Waals surface area contributed by atoms with E-state index in [1.807, 2.05) is 0 Å². The first-order chi connectivity index (χ1) is 19.0. The normalized spacial score (nSPS) is 12.1. The first-order valence-corrected chi connectivity index (χ1v) is 15.9. The van der Waals surface area contributed by atoms with Crippen molar-refractivity contribution in [3.05, 3.63) is 34.6 Å². The lowest BCUT2D eigenvalue weighted by Crippen LogP contribution is -2.18. The summed E-state index contributed by atoms with van der Waals surface area (Å²) in [7, 11) is 0. The van der Waals surface area contributed by atoms with Gasteiger partial charge in [-0.15, -0.1) is 0 Å². The molecule has 0 bridgehead atoms. The second-order valence-corrected chi connectivity index (χ2v) is 13.4. The SMILES string of the molecule is CCCCCCCCNc1nc(Cc2cc(C(C)(C)C)c(O)c(C(C)(C)C)c2)nc(OCCCCCCCC)n1. The number of unbranched alkanes of at least 4 members (excludes halogenated alkanes) is 10. The van der Waals surface area contributed by atoms with Crippen LogP contribution < -0.4 is 10.1 Å². The predicted molar refractivity (Wildman–Crippen MR) is 169 cm³/mol. The van der Waals surface area contributed by atoms with E-state index in [0.29, 0.717) is 36.6 Å². The highest BCUT2D eigenvalue weighted by Gasteiger charge is 2.27. The largest absolute Gasteiger partial charge is 0.507 e. The topological polar surface area (TPSA) is 80.2 Å². The Morgan fingerprint density at radius 1 is 0.700 bits per heavy atom. The lowest BCUT2D eigenvalue weighted by Gasteiger charge is -2.28. The minimum Gasteiger partial charge on any atom is -0.507 e. The van der Waals surface area contributed by atoms with Gasteiger partial charge in [0.1, 0.15) is 11.6 Å². The fraction of sp³-hybridized carbons (Fsp3) is 0.735. The molecule has 40 heavy (non-hydrogen) atoms. The van der Waals surface area contributed by atoms with Crippen LogP contribution in [-0.2, 0) is 17.3 Å². The molecule has 0 unspecified atom stereocenters.